The minimum atomic E-state index is -1.95. The number of aromatic nitrogens is 4. The predicted octanol–water partition coefficient (Wildman–Crippen LogP) is -2.24. The summed E-state index contributed by atoms with van der Waals surface area (Å²) in [6.07, 6.45) is -5.95. The molecule has 6 heterocycles. The maximum Gasteiger partial charge on any atom is 0.404 e. The molecule has 0 spiro atoms. The highest BCUT2D eigenvalue weighted by atomic mass is 33.1. The molecule has 1 aliphatic carbocycles. The second-order valence-electron chi connectivity index (χ2n) is 26.8. The van der Waals surface area contributed by atoms with Crippen molar-refractivity contribution in [1.29, 1.82) is 5.41 Å². The Morgan fingerprint density at radius 3 is 2.13 bits per heavy atom. The first-order chi connectivity index (χ1) is 53.6. The van der Waals surface area contributed by atoms with Gasteiger partial charge in [-0.15, -0.1) is 11.8 Å². The number of carboxylic acid groups (broad SMARTS) is 4. The number of benzene rings is 1. The first-order valence-electron chi connectivity index (χ1n) is 35.2. The van der Waals surface area contributed by atoms with E-state index >= 15 is 0 Å². The Bertz CT molecular complexity index is 4460. The van der Waals surface area contributed by atoms with Crippen LogP contribution >= 0.6 is 33.3 Å². The van der Waals surface area contributed by atoms with Crippen LogP contribution in [-0.2, 0) is 83.1 Å². The molecule has 8 amide bonds. The van der Waals surface area contributed by atoms with Crippen LogP contribution in [0.25, 0.3) is 11.2 Å². The summed E-state index contributed by atoms with van der Waals surface area (Å²) in [5.74, 6) is -19.3. The highest BCUT2D eigenvalue weighted by Gasteiger charge is 2.72. The van der Waals surface area contributed by atoms with E-state index in [2.05, 4.69) is 67.7 Å². The number of amides is 8. The number of imide groups is 1. The van der Waals surface area contributed by atoms with E-state index < -0.39 is 199 Å². The maximum absolute atomic E-state index is 14.1. The van der Waals surface area contributed by atoms with Crippen molar-refractivity contribution in [2.45, 2.75) is 139 Å². The Morgan fingerprint density at radius 1 is 0.788 bits per heavy atom. The van der Waals surface area contributed by atoms with Crippen molar-refractivity contribution in [3.8, 4) is 0 Å². The Hall–Kier alpha value is -11.4. The van der Waals surface area contributed by atoms with Crippen LogP contribution in [0, 0.1) is 23.2 Å². The Labute approximate surface area is 653 Å². The van der Waals surface area contributed by atoms with Gasteiger partial charge in [0.05, 0.1) is 72.2 Å². The molecule has 20 N–H and O–H groups in total. The van der Waals surface area contributed by atoms with Gasteiger partial charge in [0, 0.05) is 135 Å². The lowest BCUT2D eigenvalue weighted by Crippen LogP contribution is -2.55. The van der Waals surface area contributed by atoms with Crippen LogP contribution in [0.15, 0.2) is 62.8 Å². The molecule has 5 aliphatic rings. The van der Waals surface area contributed by atoms with Gasteiger partial charge in [-0.2, -0.15) is 10.1 Å². The number of hydrogen-bond acceptors (Lipinski definition) is 31. The summed E-state index contributed by atoms with van der Waals surface area (Å²) in [5.41, 5.74) is 19.0. The largest absolute Gasteiger partial charge is 0.481 e. The van der Waals surface area contributed by atoms with E-state index in [1.54, 1.807) is 18.7 Å². The number of carbonyl (C=O) groups excluding carboxylic acids is 12. The quantitative estimate of drug-likeness (QED) is 0.00415. The smallest absolute Gasteiger partial charge is 0.404 e. The molecule has 3 aromatic rings. The van der Waals surface area contributed by atoms with Gasteiger partial charge in [-0.1, -0.05) is 21.6 Å². The number of nitrogens with two attached hydrogens (primary N) is 3. The van der Waals surface area contributed by atoms with E-state index in [-0.39, 0.29) is 121 Å². The number of likely N-dealkylation sites (tertiary alicyclic amines) is 1. The van der Waals surface area contributed by atoms with Gasteiger partial charge < -0.3 is 89.2 Å². The third kappa shape index (κ3) is 23.1. The average molecular weight is 1630 g/mol. The van der Waals surface area contributed by atoms with E-state index in [1.165, 1.54) is 59.2 Å². The van der Waals surface area contributed by atoms with Gasteiger partial charge >= 0.3 is 30.0 Å². The van der Waals surface area contributed by atoms with Crippen LogP contribution in [0.4, 0.5) is 16.4 Å². The molecule has 8 rings (SSSR count). The molecular weight excluding hydrogens is 1550 g/mol. The molecule has 3 fully saturated rings. The third-order valence-corrected chi connectivity index (χ3v) is 22.6. The Morgan fingerprint density at radius 2 is 1.48 bits per heavy atom. The summed E-state index contributed by atoms with van der Waals surface area (Å²) in [4.78, 5) is 239. The van der Waals surface area contributed by atoms with Crippen molar-refractivity contribution < 1.29 is 107 Å². The fraction of sp³-hybridized carbons (Fsp3) is 0.500. The number of aromatic amines is 1. The third-order valence-electron chi connectivity index (χ3n) is 18.9. The zero-order valence-corrected chi connectivity index (χ0v) is 63.6. The number of carbonyl (C=O) groups is 16. The molecule has 45 heteroatoms. The molecule has 608 valence electrons. The lowest BCUT2D eigenvalue weighted by molar-refractivity contribution is -0.144. The number of ketones is 4. The number of Topliss-reactive ketones (excluding diaryl/α,β-unsaturated/α-hetero) is 4. The molecule has 4 aliphatic heterocycles. The number of aliphatic carboxylic acids is 4. The molecule has 1 unspecified atom stereocenters. The number of fused-ring (bicyclic) bond motifs is 5. The number of rotatable bonds is 46. The topological polar surface area (TPSA) is 671 Å². The van der Waals surface area contributed by atoms with Gasteiger partial charge in [0.2, 0.25) is 47.2 Å². The zero-order valence-electron chi connectivity index (χ0n) is 61.1. The molecule has 0 saturated carbocycles. The number of carboxylic acids is 4. The number of thioether (sulfide) groups is 1. The van der Waals surface area contributed by atoms with Crippen molar-refractivity contribution in [2.24, 2.45) is 34.3 Å². The van der Waals surface area contributed by atoms with E-state index in [9.17, 15) is 102 Å². The van der Waals surface area contributed by atoms with Crippen molar-refractivity contribution in [1.82, 2.24) is 67.1 Å². The van der Waals surface area contributed by atoms with E-state index in [0.717, 1.165) is 4.90 Å². The number of primary amides is 1. The highest BCUT2D eigenvalue weighted by molar-refractivity contribution is 8.76. The summed E-state index contributed by atoms with van der Waals surface area (Å²) in [6, 6.07) is 0.00482. The Kier molecular flexibility index (Phi) is 30.6. The van der Waals surface area contributed by atoms with E-state index in [0.29, 0.717) is 52.3 Å². The number of anilines is 2. The average Bonchev–Trinajstić information content (AvgIpc) is 1.50. The zero-order chi connectivity index (χ0) is 82.7. The number of nitrogen functional groups attached to an aromatic ring is 1. The number of guanidine groups is 1. The normalized spacial score (nSPS) is 19.5. The van der Waals surface area contributed by atoms with Crippen molar-refractivity contribution in [2.75, 3.05) is 68.2 Å². The summed E-state index contributed by atoms with van der Waals surface area (Å²) >= 11 is 0.694. The standard InChI is InChI=1S/C68H85N19O23S3/c1-30(6-12-46(90)73-16-18-112-113-29-37-31(2)55(98)54-52(56(37)99)38(27-110-67(72)108)68(109-3)57-42(79-57)26-87(54)68)84-85-48(92)14-17-86-49(93)23-45(62(86)103)111-28-34(63(104)105)20-44(89)41(22-51(96)97)81-60(101)33(5-4-15-74-65(69)70)19-43(88)40(21-50(94)95)78-47(91)13-11-39(64(106)107)80-59(100)32-7-9-35(10-8-32)75-24-36-25-76-58-53(77-36)61(102)83-66(71)82-58/h7-10,25,33-34,38-42,45,57,75,79H,4-6,11-24,26-29H2,1-3H3,(H2,72,108)(H,73,90)(H,78,91)(H,80,100)(H,81,101)(H,85,92)(H,94,95)(H,96,97)(H,104,105)(H,106,107)(H4,69,70,74)(H3,71,76,82,83,102)/b84-30+/t33-,34+,38-,39+,40+,41+,42+,45?,57+,68-/m1/s1. The SMILES string of the molecule is CO[C@@]12[C@H](COC(N)=O)C3=C(C(=O)C(C)=C(CSSCCNC(=O)CC/C(C)=N/NC(=O)CCN4C(=O)CC(SC[C@H](CC(=O)[C@H](CC(=O)O)NC(=O)[C@H](CCCNC(=N)N)CC(=O)[C@H](CC(=O)O)NC(=O)CC[C@H](NC(=O)c5ccc(NCc6cnc7nc(N)[nH]c(=O)c7n6)cc5)C(=O)O)C(=O)O)C4=O)C3=O)N1C[C@@H]1N[C@@H]12. The van der Waals surface area contributed by atoms with E-state index in [4.69, 9.17) is 32.1 Å². The molecule has 3 saturated heterocycles. The number of ether oxygens (including phenoxy) is 2. The van der Waals surface area contributed by atoms with Crippen LogP contribution in [0.3, 0.4) is 0 Å². The first-order valence-corrected chi connectivity index (χ1v) is 38.8. The number of nitrogens with one attached hydrogen (secondary N) is 10. The van der Waals surface area contributed by atoms with Crippen molar-refractivity contribution in [3.05, 3.63) is 74.5 Å². The predicted molar refractivity (Wildman–Crippen MR) is 402 cm³/mol. The number of allylic oxidation sites excluding steroid dienone is 1. The number of methoxy groups -OCH3 is 1. The lowest BCUT2D eigenvalue weighted by Gasteiger charge is -2.39. The first kappa shape index (κ1) is 87.1. The molecular formula is C68H85N19O23S3. The number of H-pyrrole nitrogens is 1. The molecule has 2 aromatic heterocycles. The molecule has 0 radical (unpaired) electrons. The summed E-state index contributed by atoms with van der Waals surface area (Å²) < 4.78 is 11.2. The highest BCUT2D eigenvalue weighted by Crippen LogP contribution is 2.56. The van der Waals surface area contributed by atoms with Crippen LogP contribution in [0.5, 0.6) is 0 Å². The number of piperazine rings is 1. The second kappa shape index (κ2) is 39.6. The Balaban J connectivity index is 0.753. The number of nitrogens with zero attached hydrogens (tertiary/aromatic N) is 6. The van der Waals surface area contributed by atoms with Gasteiger partial charge in [0.15, 0.2) is 40.2 Å². The van der Waals surface area contributed by atoms with Gasteiger partial charge in [-0.3, -0.25) is 87.2 Å². The molecule has 1 aromatic carbocycles. The summed E-state index contributed by atoms with van der Waals surface area (Å²) in [5, 5.41) is 68.5. The number of hydrazone groups is 1. The molecule has 113 heavy (non-hydrogen) atoms. The van der Waals surface area contributed by atoms with Crippen molar-refractivity contribution >= 4 is 162 Å². The van der Waals surface area contributed by atoms with Crippen LogP contribution < -0.4 is 65.4 Å². The molecule has 10 atom stereocenters. The van der Waals surface area contributed by atoms with Crippen LogP contribution in [0.1, 0.15) is 107 Å². The van der Waals surface area contributed by atoms with E-state index in [1.807, 2.05) is 0 Å². The lowest BCUT2D eigenvalue weighted by atomic mass is 9.81. The molecule has 42 nitrogen and oxygen atoms in total. The fourth-order valence-corrected chi connectivity index (χ4v) is 16.4. The van der Waals surface area contributed by atoms with Gasteiger partial charge in [0.1, 0.15) is 12.6 Å². The minimum Gasteiger partial charge on any atom is -0.481 e. The number of hydrogen-bond donors (Lipinski definition) is 17. The minimum absolute atomic E-state index is 0.00478. The summed E-state index contributed by atoms with van der Waals surface area (Å²) in [6.45, 7) is 3.15. The van der Waals surface area contributed by atoms with Crippen LogP contribution in [-0.4, -0.2) is 255 Å². The fourth-order valence-electron chi connectivity index (χ4n) is 13.1. The molecule has 0 bridgehead atoms. The second-order valence-corrected chi connectivity index (χ2v) is 30.6. The van der Waals surface area contributed by atoms with Crippen LogP contribution in [0.2, 0.25) is 0 Å². The summed E-state index contributed by atoms with van der Waals surface area (Å²) in [7, 11) is 4.16. The maximum atomic E-state index is 14.1. The van der Waals surface area contributed by atoms with Gasteiger partial charge in [-0.05, 0) is 63.8 Å². The van der Waals surface area contributed by atoms with Gasteiger partial charge in [-0.25, -0.2) is 25.0 Å². The van der Waals surface area contributed by atoms with Gasteiger partial charge in [0.25, 0.3) is 11.5 Å². The monoisotopic (exact) mass is 1630 g/mol. The van der Waals surface area contributed by atoms with Crippen molar-refractivity contribution in [3.63, 3.8) is 0 Å².